The highest BCUT2D eigenvalue weighted by Crippen LogP contribution is 2.32. The van der Waals surface area contributed by atoms with Crippen LogP contribution in [0, 0.1) is 0 Å². The highest BCUT2D eigenvalue weighted by Gasteiger charge is 2.37. The standard InChI is InChI=1S/C24H24N2O4S/c27-22(25-13-5-2-6-14-25)16-26-23(28)21(31-24(26)29)15-18-9-11-20(12-10-18)30-17-19-7-3-1-4-8-19/h1,3-4,7-12,15H,2,5-6,13-14,16-17H2/b21-15-. The van der Waals surface area contributed by atoms with E-state index in [9.17, 15) is 14.4 Å². The Labute approximate surface area is 185 Å². The number of rotatable bonds is 6. The summed E-state index contributed by atoms with van der Waals surface area (Å²) in [6.45, 7) is 1.69. The summed E-state index contributed by atoms with van der Waals surface area (Å²) < 4.78 is 5.78. The fraction of sp³-hybridized carbons (Fsp3) is 0.292. The first kappa shape index (κ1) is 21.2. The number of hydrogen-bond acceptors (Lipinski definition) is 5. The van der Waals surface area contributed by atoms with Gasteiger partial charge in [-0.2, -0.15) is 0 Å². The lowest BCUT2D eigenvalue weighted by molar-refractivity contribution is -0.136. The number of amides is 3. The molecule has 3 amide bonds. The highest BCUT2D eigenvalue weighted by molar-refractivity contribution is 8.18. The van der Waals surface area contributed by atoms with Crippen LogP contribution in [0.5, 0.6) is 5.75 Å². The number of thioether (sulfide) groups is 1. The molecule has 0 radical (unpaired) electrons. The van der Waals surface area contributed by atoms with E-state index in [0.717, 1.165) is 52.8 Å². The van der Waals surface area contributed by atoms with Crippen LogP contribution in [0.3, 0.4) is 0 Å². The average Bonchev–Trinajstić information content (AvgIpc) is 3.07. The van der Waals surface area contributed by atoms with Crippen molar-refractivity contribution in [1.82, 2.24) is 9.80 Å². The van der Waals surface area contributed by atoms with E-state index in [1.807, 2.05) is 54.6 Å². The van der Waals surface area contributed by atoms with E-state index in [1.54, 1.807) is 11.0 Å². The van der Waals surface area contributed by atoms with Crippen LogP contribution < -0.4 is 4.74 Å². The monoisotopic (exact) mass is 436 g/mol. The predicted octanol–water partition coefficient (Wildman–Crippen LogP) is 4.31. The van der Waals surface area contributed by atoms with Crippen molar-refractivity contribution >= 4 is 34.9 Å². The Hall–Kier alpha value is -3.06. The van der Waals surface area contributed by atoms with Crippen LogP contribution in [0.25, 0.3) is 6.08 Å². The molecule has 0 aliphatic carbocycles. The fourth-order valence-electron chi connectivity index (χ4n) is 3.57. The van der Waals surface area contributed by atoms with E-state index in [-0.39, 0.29) is 12.5 Å². The summed E-state index contributed by atoms with van der Waals surface area (Å²) in [4.78, 5) is 40.6. The molecule has 2 aromatic rings. The largest absolute Gasteiger partial charge is 0.489 e. The van der Waals surface area contributed by atoms with Crippen LogP contribution in [-0.4, -0.2) is 46.5 Å². The molecule has 4 rings (SSSR count). The second-order valence-electron chi connectivity index (χ2n) is 7.55. The van der Waals surface area contributed by atoms with Crippen molar-refractivity contribution in [3.8, 4) is 5.75 Å². The van der Waals surface area contributed by atoms with Crippen molar-refractivity contribution in [3.05, 3.63) is 70.6 Å². The average molecular weight is 437 g/mol. The Bertz CT molecular complexity index is 982. The Balaban J connectivity index is 1.36. The van der Waals surface area contributed by atoms with Gasteiger partial charge in [0.1, 0.15) is 18.9 Å². The minimum absolute atomic E-state index is 0.164. The Kier molecular flexibility index (Phi) is 6.72. The zero-order valence-electron chi connectivity index (χ0n) is 17.2. The number of benzene rings is 2. The van der Waals surface area contributed by atoms with Crippen LogP contribution in [0.1, 0.15) is 30.4 Å². The first-order chi connectivity index (χ1) is 15.1. The number of hydrogen-bond donors (Lipinski definition) is 0. The minimum Gasteiger partial charge on any atom is -0.489 e. The zero-order chi connectivity index (χ0) is 21.6. The van der Waals surface area contributed by atoms with Gasteiger partial charge in [-0.15, -0.1) is 0 Å². The lowest BCUT2D eigenvalue weighted by Crippen LogP contribution is -2.44. The molecule has 160 valence electrons. The molecule has 0 aromatic heterocycles. The summed E-state index contributed by atoms with van der Waals surface area (Å²) in [5.41, 5.74) is 1.87. The lowest BCUT2D eigenvalue weighted by Gasteiger charge is -2.27. The third-order valence-electron chi connectivity index (χ3n) is 5.30. The maximum absolute atomic E-state index is 12.7. The zero-order valence-corrected chi connectivity index (χ0v) is 18.0. The van der Waals surface area contributed by atoms with Crippen LogP contribution in [0.2, 0.25) is 0 Å². The fourth-order valence-corrected chi connectivity index (χ4v) is 4.41. The van der Waals surface area contributed by atoms with Gasteiger partial charge in [-0.25, -0.2) is 0 Å². The van der Waals surface area contributed by atoms with Crippen LogP contribution in [0.4, 0.5) is 4.79 Å². The molecule has 0 spiro atoms. The number of ether oxygens (including phenoxy) is 1. The maximum Gasteiger partial charge on any atom is 0.294 e. The molecule has 31 heavy (non-hydrogen) atoms. The van der Waals surface area contributed by atoms with E-state index in [4.69, 9.17) is 4.74 Å². The lowest BCUT2D eigenvalue weighted by atomic mass is 10.1. The van der Waals surface area contributed by atoms with Gasteiger partial charge >= 0.3 is 0 Å². The number of likely N-dealkylation sites (tertiary alicyclic amines) is 1. The molecule has 0 N–H and O–H groups in total. The first-order valence-corrected chi connectivity index (χ1v) is 11.2. The molecule has 2 aromatic carbocycles. The van der Waals surface area contributed by atoms with Crippen molar-refractivity contribution in [2.24, 2.45) is 0 Å². The highest BCUT2D eigenvalue weighted by atomic mass is 32.2. The molecule has 2 aliphatic rings. The van der Waals surface area contributed by atoms with Gasteiger partial charge < -0.3 is 9.64 Å². The summed E-state index contributed by atoms with van der Waals surface area (Å²) in [6.07, 6.45) is 4.73. The molecule has 0 atom stereocenters. The summed E-state index contributed by atoms with van der Waals surface area (Å²) in [7, 11) is 0. The third-order valence-corrected chi connectivity index (χ3v) is 6.21. The molecule has 0 saturated carbocycles. The van der Waals surface area contributed by atoms with Gasteiger partial charge in [0.25, 0.3) is 11.1 Å². The van der Waals surface area contributed by atoms with E-state index < -0.39 is 11.1 Å². The molecular weight excluding hydrogens is 412 g/mol. The van der Waals surface area contributed by atoms with Gasteiger partial charge in [-0.05, 0) is 60.4 Å². The van der Waals surface area contributed by atoms with Gasteiger partial charge in [0, 0.05) is 13.1 Å². The second-order valence-corrected chi connectivity index (χ2v) is 8.55. The molecule has 0 unspecified atom stereocenters. The number of piperidine rings is 1. The quantitative estimate of drug-likeness (QED) is 0.631. The van der Waals surface area contributed by atoms with Gasteiger partial charge in [-0.3, -0.25) is 19.3 Å². The maximum atomic E-state index is 12.7. The number of nitrogens with zero attached hydrogens (tertiary/aromatic N) is 2. The Morgan fingerprint density at radius 1 is 0.968 bits per heavy atom. The molecule has 2 heterocycles. The Morgan fingerprint density at radius 3 is 2.39 bits per heavy atom. The normalized spacial score (nSPS) is 18.0. The molecule has 7 heteroatoms. The molecule has 2 saturated heterocycles. The third kappa shape index (κ3) is 5.35. The molecular formula is C24H24N2O4S. The topological polar surface area (TPSA) is 66.9 Å². The van der Waals surface area contributed by atoms with Gasteiger partial charge in [-0.1, -0.05) is 42.5 Å². The van der Waals surface area contributed by atoms with Crippen molar-refractivity contribution in [3.63, 3.8) is 0 Å². The molecule has 2 aliphatic heterocycles. The SMILES string of the molecule is O=C(CN1C(=O)S/C(=C\c2ccc(OCc3ccccc3)cc2)C1=O)N1CCCCC1. The second kappa shape index (κ2) is 9.83. The molecule has 2 fully saturated rings. The summed E-state index contributed by atoms with van der Waals surface area (Å²) in [5, 5.41) is -0.399. The van der Waals surface area contributed by atoms with Crippen molar-refractivity contribution in [2.75, 3.05) is 19.6 Å². The van der Waals surface area contributed by atoms with Crippen LogP contribution >= 0.6 is 11.8 Å². The van der Waals surface area contributed by atoms with Crippen LogP contribution in [-0.2, 0) is 16.2 Å². The summed E-state index contributed by atoms with van der Waals surface area (Å²) >= 11 is 0.874. The summed E-state index contributed by atoms with van der Waals surface area (Å²) in [5.74, 6) is 0.147. The van der Waals surface area contributed by atoms with Crippen molar-refractivity contribution in [2.45, 2.75) is 25.9 Å². The van der Waals surface area contributed by atoms with Crippen molar-refractivity contribution < 1.29 is 19.1 Å². The minimum atomic E-state index is -0.412. The van der Waals surface area contributed by atoms with E-state index in [0.29, 0.717) is 24.6 Å². The van der Waals surface area contributed by atoms with Crippen molar-refractivity contribution in [1.29, 1.82) is 0 Å². The van der Waals surface area contributed by atoms with Gasteiger partial charge in [0.2, 0.25) is 5.91 Å². The van der Waals surface area contributed by atoms with Gasteiger partial charge in [0.05, 0.1) is 4.91 Å². The smallest absolute Gasteiger partial charge is 0.294 e. The van der Waals surface area contributed by atoms with E-state index in [2.05, 4.69) is 0 Å². The predicted molar refractivity (Wildman–Crippen MR) is 120 cm³/mol. The van der Waals surface area contributed by atoms with E-state index in [1.165, 1.54) is 0 Å². The Morgan fingerprint density at radius 2 is 1.68 bits per heavy atom. The van der Waals surface area contributed by atoms with Crippen LogP contribution in [0.15, 0.2) is 59.5 Å². The number of carbonyl (C=O) groups is 3. The van der Waals surface area contributed by atoms with Gasteiger partial charge in [0.15, 0.2) is 0 Å². The number of carbonyl (C=O) groups excluding carboxylic acids is 3. The van der Waals surface area contributed by atoms with E-state index >= 15 is 0 Å². The number of imide groups is 1. The summed E-state index contributed by atoms with van der Waals surface area (Å²) in [6, 6.07) is 17.2. The first-order valence-electron chi connectivity index (χ1n) is 10.4. The molecule has 0 bridgehead atoms. The molecule has 6 nitrogen and oxygen atoms in total.